The van der Waals surface area contributed by atoms with E-state index in [2.05, 4.69) is 69.8 Å². The minimum atomic E-state index is -1.35. The van der Waals surface area contributed by atoms with Crippen molar-refractivity contribution in [2.75, 3.05) is 30.7 Å². The predicted octanol–water partition coefficient (Wildman–Crippen LogP) is 5.49. The van der Waals surface area contributed by atoms with E-state index in [1.807, 2.05) is 29.2 Å². The molecule has 0 radical (unpaired) electrons. The van der Waals surface area contributed by atoms with Crippen LogP contribution in [0.4, 0.5) is 15.3 Å². The van der Waals surface area contributed by atoms with Gasteiger partial charge in [0, 0.05) is 55.3 Å². The molecule has 2 aliphatic rings. The van der Waals surface area contributed by atoms with Crippen LogP contribution in [0, 0.1) is 0 Å². The predicted molar refractivity (Wildman–Crippen MR) is 183 cm³/mol. The molecule has 240 valence electrons. The van der Waals surface area contributed by atoms with Crippen molar-refractivity contribution in [3.05, 3.63) is 80.1 Å². The zero-order chi connectivity index (χ0) is 33.1. The first kappa shape index (κ1) is 34.9. The van der Waals surface area contributed by atoms with Crippen molar-refractivity contribution < 1.29 is 28.4 Å². The summed E-state index contributed by atoms with van der Waals surface area (Å²) >= 11 is 6.56. The largest absolute Gasteiger partial charge is 0.506 e. The molecule has 4 amide bonds. The monoisotopic (exact) mass is 771 g/mol. The molecule has 1 unspecified atom stereocenters. The highest BCUT2D eigenvalue weighted by Crippen LogP contribution is 2.34. The summed E-state index contributed by atoms with van der Waals surface area (Å²) in [5.41, 5.74) is 7.61. The van der Waals surface area contributed by atoms with Crippen LogP contribution >= 0.6 is 31.9 Å². The van der Waals surface area contributed by atoms with Crippen LogP contribution < -0.4 is 5.32 Å². The number of amides is 4. The van der Waals surface area contributed by atoms with E-state index >= 15 is 0 Å². The quantitative estimate of drug-likeness (QED) is 0.207. The molecule has 2 heterocycles. The van der Waals surface area contributed by atoms with Crippen molar-refractivity contribution in [3.8, 4) is 5.75 Å². The number of aliphatic imine (C=N–C) groups is 1. The third-order valence-corrected chi connectivity index (χ3v) is 9.26. The minimum Gasteiger partial charge on any atom is -0.506 e. The van der Waals surface area contributed by atoms with E-state index in [0.717, 1.165) is 17.7 Å². The molecule has 2 aliphatic heterocycles. The number of piperidine rings is 1. The van der Waals surface area contributed by atoms with E-state index in [9.17, 15) is 23.7 Å². The number of phenols is 1. The van der Waals surface area contributed by atoms with Crippen LogP contribution in [0.3, 0.4) is 0 Å². The average Bonchev–Trinajstić information content (AvgIpc) is 3.22. The molecule has 0 saturated carbocycles. The van der Waals surface area contributed by atoms with Crippen molar-refractivity contribution in [2.24, 2.45) is 9.39 Å². The standard InChI is InChI=1S/C32H31Br2N5O6S/c1-2-46(44)36-15-8-4-3-7-14-35-30(41)28(21-22-19-25(33)29(40)26(34)20-22)45-32(43)38-16-12-24(13-17-38)39-18-11-23-9-5-6-10-27(23)37-31(39)42/h3-6,9-10,19-20,24,28,40H,2,11-13,16-18,21H2,1H3,(H,37,42)/t28-,46?/m1/s1. The summed E-state index contributed by atoms with van der Waals surface area (Å²) < 4.78 is 21.3. The fraction of sp³-hybridized carbons (Fsp3) is 0.344. The van der Waals surface area contributed by atoms with Gasteiger partial charge in [-0.15, -0.1) is 4.40 Å². The average molecular weight is 774 g/mol. The number of carbonyl (C=O) groups is 3. The second-order valence-electron chi connectivity index (χ2n) is 10.2. The Bertz CT molecular complexity index is 1690. The fourth-order valence-corrected chi connectivity index (χ4v) is 6.45. The van der Waals surface area contributed by atoms with Gasteiger partial charge in [0.25, 0.3) is 5.91 Å². The number of allylic oxidation sites excluding steroid dienone is 2. The number of ether oxygens (including phenoxy) is 1. The van der Waals surface area contributed by atoms with E-state index < -0.39 is 29.1 Å². The van der Waals surface area contributed by atoms with Crippen molar-refractivity contribution in [1.29, 1.82) is 0 Å². The van der Waals surface area contributed by atoms with E-state index in [0.29, 0.717) is 52.7 Å². The molecular formula is C32H31Br2N5O6S. The normalized spacial score (nSPS) is 15.7. The second kappa shape index (κ2) is 17.1. The van der Waals surface area contributed by atoms with Crippen molar-refractivity contribution >= 4 is 78.3 Å². The number of nitrogens with one attached hydrogen (secondary N) is 1. The topological polar surface area (TPSA) is 141 Å². The number of para-hydroxylation sites is 1. The van der Waals surface area contributed by atoms with Crippen LogP contribution in [0.25, 0.3) is 0 Å². The van der Waals surface area contributed by atoms with Crippen molar-refractivity contribution in [1.82, 2.24) is 9.80 Å². The summed E-state index contributed by atoms with van der Waals surface area (Å²) in [4.78, 5) is 46.4. The van der Waals surface area contributed by atoms with E-state index in [1.54, 1.807) is 19.1 Å². The highest BCUT2D eigenvalue weighted by molar-refractivity contribution is 9.11. The Hall–Kier alpha value is -3.98. The van der Waals surface area contributed by atoms with Gasteiger partial charge in [-0.2, -0.15) is 4.99 Å². The highest BCUT2D eigenvalue weighted by Gasteiger charge is 2.33. The van der Waals surface area contributed by atoms with Gasteiger partial charge in [0.2, 0.25) is 0 Å². The fourth-order valence-electron chi connectivity index (χ4n) is 4.88. The lowest BCUT2D eigenvalue weighted by Gasteiger charge is -2.37. The summed E-state index contributed by atoms with van der Waals surface area (Å²) in [6.45, 7) is 2.99. The molecule has 0 spiro atoms. The summed E-state index contributed by atoms with van der Waals surface area (Å²) in [5, 5.41) is 13.1. The lowest BCUT2D eigenvalue weighted by Crippen LogP contribution is -2.50. The van der Waals surface area contributed by atoms with Gasteiger partial charge in [-0.1, -0.05) is 25.1 Å². The molecule has 2 atom stereocenters. The number of hydrogen-bond acceptors (Lipinski definition) is 6. The Morgan fingerprint density at radius 3 is 2.50 bits per heavy atom. The Morgan fingerprint density at radius 2 is 1.80 bits per heavy atom. The van der Waals surface area contributed by atoms with E-state index in [1.165, 1.54) is 17.1 Å². The number of likely N-dealkylation sites (tertiary alicyclic amines) is 1. The molecule has 4 rings (SSSR count). The lowest BCUT2D eigenvalue weighted by molar-refractivity contribution is -0.126. The first-order chi connectivity index (χ1) is 22.2. The molecule has 0 bridgehead atoms. The maximum atomic E-state index is 13.3. The van der Waals surface area contributed by atoms with Gasteiger partial charge in [-0.05, 0) is 104 Å². The molecule has 11 nitrogen and oxygen atoms in total. The first-order valence-electron chi connectivity index (χ1n) is 14.4. The van der Waals surface area contributed by atoms with Gasteiger partial charge in [0.05, 0.1) is 8.95 Å². The smallest absolute Gasteiger partial charge is 0.410 e. The molecule has 1 saturated heterocycles. The number of urea groups is 1. The maximum absolute atomic E-state index is 13.3. The molecule has 2 N–H and O–H groups in total. The van der Waals surface area contributed by atoms with E-state index in [4.69, 9.17) is 4.74 Å². The third kappa shape index (κ3) is 9.76. The summed E-state index contributed by atoms with van der Waals surface area (Å²) in [6, 6.07) is 10.8. The minimum absolute atomic E-state index is 0.00682. The Balaban J connectivity index is 1.43. The number of nitrogens with zero attached hydrogens (tertiary/aromatic N) is 4. The van der Waals surface area contributed by atoms with Crippen LogP contribution in [0.2, 0.25) is 0 Å². The van der Waals surface area contributed by atoms with E-state index in [-0.39, 0.29) is 24.2 Å². The summed E-state index contributed by atoms with van der Waals surface area (Å²) in [5.74, 6) is 4.37. The zero-order valence-corrected chi connectivity index (χ0v) is 28.9. The summed E-state index contributed by atoms with van der Waals surface area (Å²) in [6.07, 6.45) is 2.61. The molecule has 46 heavy (non-hydrogen) atoms. The molecule has 14 heteroatoms. The lowest BCUT2D eigenvalue weighted by atomic mass is 10.0. The van der Waals surface area contributed by atoms with Gasteiger partial charge in [-0.25, -0.2) is 13.8 Å². The number of carbonyl (C=O) groups excluding carboxylic acids is 3. The number of halogens is 2. The first-order valence-corrected chi connectivity index (χ1v) is 17.3. The van der Waals surface area contributed by atoms with Crippen LogP contribution in [0.15, 0.2) is 78.3 Å². The highest BCUT2D eigenvalue weighted by atomic mass is 79.9. The number of benzene rings is 2. The van der Waals surface area contributed by atoms with Crippen molar-refractivity contribution in [2.45, 2.75) is 44.8 Å². The number of hydrogen-bond donors (Lipinski definition) is 2. The Morgan fingerprint density at radius 1 is 1.13 bits per heavy atom. The van der Waals surface area contributed by atoms with Crippen LogP contribution in [0.5, 0.6) is 5.75 Å². The van der Waals surface area contributed by atoms with Crippen LogP contribution in [-0.2, 0) is 33.4 Å². The van der Waals surface area contributed by atoms with Gasteiger partial charge >= 0.3 is 12.1 Å². The number of phenolic OH excluding ortho intramolecular Hbond substituents is 1. The Labute approximate surface area is 286 Å². The van der Waals surface area contributed by atoms with Gasteiger partial charge in [0.15, 0.2) is 6.10 Å². The number of rotatable bonds is 8. The second-order valence-corrected chi connectivity index (χ2v) is 13.3. The van der Waals surface area contributed by atoms with Gasteiger partial charge in [-0.3, -0.25) is 4.79 Å². The Kier molecular flexibility index (Phi) is 13.0. The number of anilines is 1. The maximum Gasteiger partial charge on any atom is 0.410 e. The van der Waals surface area contributed by atoms with Crippen LogP contribution in [-0.4, -0.2) is 86.4 Å². The molecule has 0 aromatic heterocycles. The molecular weight excluding hydrogens is 742 g/mol. The zero-order valence-electron chi connectivity index (χ0n) is 24.9. The van der Waals surface area contributed by atoms with Crippen molar-refractivity contribution in [3.63, 3.8) is 0 Å². The number of aromatic hydroxyl groups is 1. The summed E-state index contributed by atoms with van der Waals surface area (Å²) in [7, 11) is -1.35. The molecule has 0 aliphatic carbocycles. The number of fused-ring (bicyclic) bond motifs is 1. The molecule has 2 aromatic carbocycles. The SMILES string of the molecule is CCS(=O)N=C=C=CC=C=C=NC(=O)[C@@H](Cc1cc(Br)c(O)c(Br)c1)OC(=O)N1CCC(N2CCc3ccccc3NC2=O)CC1. The van der Waals surface area contributed by atoms with Gasteiger partial charge < -0.3 is 25.0 Å². The van der Waals surface area contributed by atoms with Gasteiger partial charge in [0.1, 0.15) is 16.7 Å². The molecule has 1 fully saturated rings. The third-order valence-electron chi connectivity index (χ3n) is 7.26. The molecule has 2 aromatic rings. The van der Waals surface area contributed by atoms with Crippen LogP contribution in [0.1, 0.15) is 30.9 Å².